The normalized spacial score (nSPS) is 24.2. The van der Waals surface area contributed by atoms with Crippen molar-refractivity contribution < 1.29 is 42.8 Å². The van der Waals surface area contributed by atoms with Gasteiger partial charge in [-0.2, -0.15) is 0 Å². The first-order valence-corrected chi connectivity index (χ1v) is 10.2. The maximum atomic E-state index is 12.4. The predicted molar refractivity (Wildman–Crippen MR) is 107 cm³/mol. The van der Waals surface area contributed by atoms with Crippen LogP contribution in [0.25, 0.3) is 0 Å². The summed E-state index contributed by atoms with van der Waals surface area (Å²) in [6.07, 6.45) is 0.573. The zero-order valence-corrected chi connectivity index (χ0v) is 17.3. The zero-order valence-electron chi connectivity index (χ0n) is 17.3. The summed E-state index contributed by atoms with van der Waals surface area (Å²) in [5.41, 5.74) is 0.323. The van der Waals surface area contributed by atoms with Crippen LogP contribution in [0.5, 0.6) is 5.75 Å². The van der Waals surface area contributed by atoms with Crippen LogP contribution < -0.4 is 4.74 Å². The van der Waals surface area contributed by atoms with Gasteiger partial charge >= 0.3 is 18.1 Å². The second-order valence-corrected chi connectivity index (χ2v) is 7.32. The topological polar surface area (TPSA) is 107 Å². The highest BCUT2D eigenvalue weighted by molar-refractivity contribution is 5.89. The molecule has 0 bridgehead atoms. The van der Waals surface area contributed by atoms with Crippen molar-refractivity contribution in [1.82, 2.24) is 0 Å². The number of unbranched alkanes of at least 4 members (excludes halogenated alkanes) is 1. The van der Waals surface area contributed by atoms with Gasteiger partial charge in [0.15, 0.2) is 6.10 Å². The van der Waals surface area contributed by atoms with Gasteiger partial charge in [-0.1, -0.05) is 13.5 Å². The van der Waals surface area contributed by atoms with Crippen molar-refractivity contribution in [2.75, 3.05) is 26.4 Å². The minimum atomic E-state index is -0.861. The van der Waals surface area contributed by atoms with Gasteiger partial charge in [-0.15, -0.1) is 0 Å². The molecule has 9 heteroatoms. The lowest BCUT2D eigenvalue weighted by atomic mass is 10.0. The van der Waals surface area contributed by atoms with Gasteiger partial charge in [0.25, 0.3) is 0 Å². The number of esters is 2. The molecule has 2 heterocycles. The molecule has 2 aliphatic rings. The summed E-state index contributed by atoms with van der Waals surface area (Å²) in [5.74, 6) is -0.475. The van der Waals surface area contributed by atoms with Crippen LogP contribution in [0.2, 0.25) is 0 Å². The van der Waals surface area contributed by atoms with Gasteiger partial charge < -0.3 is 28.4 Å². The highest BCUT2D eigenvalue weighted by atomic mass is 16.7. The Bertz CT molecular complexity index is 789. The summed E-state index contributed by atoms with van der Waals surface area (Å²) in [4.78, 5) is 35.0. The molecule has 0 aromatic heterocycles. The van der Waals surface area contributed by atoms with Gasteiger partial charge in [-0.25, -0.2) is 14.4 Å². The summed E-state index contributed by atoms with van der Waals surface area (Å²) in [5, 5.41) is 0. The molecule has 1 aromatic rings. The maximum absolute atomic E-state index is 12.4. The molecule has 2 unspecified atom stereocenters. The molecule has 2 saturated heterocycles. The van der Waals surface area contributed by atoms with Gasteiger partial charge in [0.05, 0.1) is 38.1 Å². The molecule has 0 aliphatic carbocycles. The third kappa shape index (κ3) is 6.28. The number of carbonyl (C=O) groups excluding carboxylic acids is 3. The number of hydrogen-bond acceptors (Lipinski definition) is 9. The van der Waals surface area contributed by atoms with E-state index in [4.69, 9.17) is 28.4 Å². The number of benzene rings is 1. The van der Waals surface area contributed by atoms with Crippen molar-refractivity contribution in [3.8, 4) is 5.75 Å². The Balaban J connectivity index is 1.36. The molecule has 0 amide bonds. The average molecular weight is 434 g/mol. The Morgan fingerprint density at radius 3 is 2.42 bits per heavy atom. The Morgan fingerprint density at radius 2 is 1.71 bits per heavy atom. The molecule has 168 valence electrons. The van der Waals surface area contributed by atoms with Gasteiger partial charge in [0.2, 0.25) is 0 Å². The first kappa shape index (κ1) is 22.8. The minimum absolute atomic E-state index is 0.0400. The molecule has 2 fully saturated rings. The average Bonchev–Trinajstić information content (AvgIpc) is 3.34. The van der Waals surface area contributed by atoms with Crippen molar-refractivity contribution in [2.24, 2.45) is 5.92 Å². The number of hydrogen-bond donors (Lipinski definition) is 0. The first-order chi connectivity index (χ1) is 15.0. The molecule has 0 N–H and O–H groups in total. The van der Waals surface area contributed by atoms with Crippen LogP contribution in [0.15, 0.2) is 36.9 Å². The second kappa shape index (κ2) is 10.9. The summed E-state index contributed by atoms with van der Waals surface area (Å²) < 4.78 is 31.7. The van der Waals surface area contributed by atoms with E-state index in [-0.39, 0.29) is 37.1 Å². The van der Waals surface area contributed by atoms with Crippen LogP contribution in [0.1, 0.15) is 30.1 Å². The number of fused-ring (bicyclic) bond motifs is 1. The van der Waals surface area contributed by atoms with Crippen LogP contribution in [-0.2, 0) is 28.5 Å². The van der Waals surface area contributed by atoms with E-state index in [1.807, 2.05) is 6.92 Å². The van der Waals surface area contributed by atoms with E-state index in [9.17, 15) is 14.4 Å². The van der Waals surface area contributed by atoms with Crippen molar-refractivity contribution in [1.29, 1.82) is 0 Å². The summed E-state index contributed by atoms with van der Waals surface area (Å²) in [7, 11) is 0. The van der Waals surface area contributed by atoms with Crippen LogP contribution >= 0.6 is 0 Å². The Kier molecular flexibility index (Phi) is 8.02. The van der Waals surface area contributed by atoms with E-state index in [1.165, 1.54) is 24.3 Å². The van der Waals surface area contributed by atoms with Crippen LogP contribution in [-0.4, -0.2) is 62.8 Å². The lowest BCUT2D eigenvalue weighted by Crippen LogP contribution is -2.32. The summed E-state index contributed by atoms with van der Waals surface area (Å²) >= 11 is 0. The fraction of sp³-hybridized carbons (Fsp3) is 0.500. The number of rotatable bonds is 9. The van der Waals surface area contributed by atoms with E-state index < -0.39 is 24.2 Å². The van der Waals surface area contributed by atoms with Crippen molar-refractivity contribution in [3.63, 3.8) is 0 Å². The Hall–Kier alpha value is -2.91. The van der Waals surface area contributed by atoms with Crippen molar-refractivity contribution in [3.05, 3.63) is 42.5 Å². The quantitative estimate of drug-likeness (QED) is 0.191. The van der Waals surface area contributed by atoms with Crippen molar-refractivity contribution >= 4 is 18.1 Å². The molecular formula is C22H26O9. The molecule has 0 spiro atoms. The molecule has 0 saturated carbocycles. The predicted octanol–water partition coefficient (Wildman–Crippen LogP) is 2.67. The first-order valence-electron chi connectivity index (χ1n) is 10.2. The maximum Gasteiger partial charge on any atom is 0.513 e. The number of ether oxygens (including phenoxy) is 6. The molecule has 1 aromatic carbocycles. The fourth-order valence-corrected chi connectivity index (χ4v) is 3.34. The fourth-order valence-electron chi connectivity index (χ4n) is 3.34. The van der Waals surface area contributed by atoms with Gasteiger partial charge in [-0.3, -0.25) is 0 Å². The zero-order chi connectivity index (χ0) is 22.2. The Labute approximate surface area is 180 Å². The van der Waals surface area contributed by atoms with Gasteiger partial charge in [0, 0.05) is 12.0 Å². The number of carbonyl (C=O) groups is 3. The molecule has 2 aliphatic heterocycles. The largest absolute Gasteiger partial charge is 0.513 e. The van der Waals surface area contributed by atoms with E-state index in [0.717, 1.165) is 6.08 Å². The summed E-state index contributed by atoms with van der Waals surface area (Å²) in [6.45, 7) is 6.59. The van der Waals surface area contributed by atoms with E-state index in [1.54, 1.807) is 0 Å². The second-order valence-electron chi connectivity index (χ2n) is 7.32. The molecule has 9 nitrogen and oxygen atoms in total. The SMILES string of the molecule is C=CC(=O)OCCCCOC(=O)Oc1ccc(C(=O)O[C@@H]2COC3C2OC[C@@H]3C)cc1. The lowest BCUT2D eigenvalue weighted by molar-refractivity contribution is -0.137. The smallest absolute Gasteiger partial charge is 0.463 e. The molecule has 0 radical (unpaired) electrons. The molecular weight excluding hydrogens is 408 g/mol. The highest BCUT2D eigenvalue weighted by Crippen LogP contribution is 2.32. The molecule has 4 atom stereocenters. The third-order valence-electron chi connectivity index (χ3n) is 4.97. The van der Waals surface area contributed by atoms with Crippen LogP contribution in [0.4, 0.5) is 4.79 Å². The van der Waals surface area contributed by atoms with E-state index >= 15 is 0 Å². The van der Waals surface area contributed by atoms with Crippen molar-refractivity contribution in [2.45, 2.75) is 38.1 Å². The highest BCUT2D eigenvalue weighted by Gasteiger charge is 2.47. The lowest BCUT2D eigenvalue weighted by Gasteiger charge is -2.16. The van der Waals surface area contributed by atoms with E-state index in [0.29, 0.717) is 31.6 Å². The van der Waals surface area contributed by atoms with E-state index in [2.05, 4.69) is 6.58 Å². The summed E-state index contributed by atoms with van der Waals surface area (Å²) in [6, 6.07) is 5.97. The monoisotopic (exact) mass is 434 g/mol. The van der Waals surface area contributed by atoms with Crippen LogP contribution in [0.3, 0.4) is 0 Å². The molecule has 31 heavy (non-hydrogen) atoms. The standard InChI is InChI=1S/C22H26O9/c1-3-18(23)26-10-4-5-11-27-22(25)30-16-8-6-15(7-9-16)21(24)31-17-13-29-19-14(2)12-28-20(17)19/h3,6-9,14,17,19-20H,1,4-5,10-13H2,2H3/t14-,17+,19?,20?/m0/s1. The van der Waals surface area contributed by atoms with Gasteiger partial charge in [-0.05, 0) is 37.1 Å². The van der Waals surface area contributed by atoms with Gasteiger partial charge in [0.1, 0.15) is 11.9 Å². The third-order valence-corrected chi connectivity index (χ3v) is 4.97. The Morgan fingerprint density at radius 1 is 1.03 bits per heavy atom. The minimum Gasteiger partial charge on any atom is -0.463 e. The van der Waals surface area contributed by atoms with Crippen LogP contribution in [0, 0.1) is 5.92 Å². The molecule has 3 rings (SSSR count).